The fourth-order valence-electron chi connectivity index (χ4n) is 5.58. The average Bonchev–Trinajstić information content (AvgIpc) is 3.24. The molecule has 2 amide bonds. The summed E-state index contributed by atoms with van der Waals surface area (Å²) in [5.41, 5.74) is 2.46. The largest absolute Gasteiger partial charge is 0.325 e. The van der Waals surface area contributed by atoms with Gasteiger partial charge in [0.05, 0.1) is 5.69 Å². The Bertz CT molecular complexity index is 1110. The van der Waals surface area contributed by atoms with Crippen LogP contribution in [0, 0.1) is 11.8 Å². The van der Waals surface area contributed by atoms with Gasteiger partial charge in [0.1, 0.15) is 11.3 Å². The van der Waals surface area contributed by atoms with Crippen LogP contribution in [0.25, 0.3) is 0 Å². The number of rotatable bonds is 1. The van der Waals surface area contributed by atoms with Crippen molar-refractivity contribution in [1.29, 1.82) is 0 Å². The van der Waals surface area contributed by atoms with Crippen LogP contribution in [0.1, 0.15) is 31.2 Å². The maximum absolute atomic E-state index is 13.7. The van der Waals surface area contributed by atoms with Crippen LogP contribution in [-0.4, -0.2) is 23.4 Å². The minimum Gasteiger partial charge on any atom is -0.325 e. The molecule has 4 aliphatic rings. The number of fused-ring (bicyclic) bond motifs is 6. The topological polar surface area (TPSA) is 74.1 Å². The highest BCUT2D eigenvalue weighted by molar-refractivity contribution is 6.27. The van der Waals surface area contributed by atoms with Crippen molar-refractivity contribution < 1.29 is 9.59 Å². The number of carbonyl (C=O) groups excluding carboxylic acids is 2. The van der Waals surface area contributed by atoms with Crippen molar-refractivity contribution >= 4 is 34.7 Å². The molecule has 0 radical (unpaired) electrons. The lowest BCUT2D eigenvalue weighted by Gasteiger charge is -2.44. The molecule has 1 spiro atoms. The van der Waals surface area contributed by atoms with Crippen molar-refractivity contribution in [2.45, 2.75) is 31.1 Å². The summed E-state index contributed by atoms with van der Waals surface area (Å²) in [7, 11) is 0. The second-order valence-electron chi connectivity index (χ2n) is 8.15. The predicted molar refractivity (Wildman–Crippen MR) is 111 cm³/mol. The van der Waals surface area contributed by atoms with Gasteiger partial charge in [0.25, 0.3) is 5.91 Å². The van der Waals surface area contributed by atoms with Crippen molar-refractivity contribution in [2.24, 2.45) is 21.9 Å². The van der Waals surface area contributed by atoms with Crippen LogP contribution in [0.3, 0.4) is 0 Å². The van der Waals surface area contributed by atoms with Crippen molar-refractivity contribution in [1.82, 2.24) is 0 Å². The van der Waals surface area contributed by atoms with E-state index < -0.39 is 11.3 Å². The van der Waals surface area contributed by atoms with E-state index >= 15 is 0 Å². The lowest BCUT2D eigenvalue weighted by atomic mass is 9.56. The Morgan fingerprint density at radius 3 is 2.66 bits per heavy atom. The van der Waals surface area contributed by atoms with Gasteiger partial charge in [-0.2, -0.15) is 5.01 Å². The molecule has 0 bridgehead atoms. The lowest BCUT2D eigenvalue weighted by molar-refractivity contribution is -0.130. The van der Waals surface area contributed by atoms with E-state index in [2.05, 4.69) is 10.4 Å². The molecule has 2 aromatic rings. The Hall–Kier alpha value is -3.28. The maximum atomic E-state index is 13.7. The Balaban J connectivity index is 1.59. The number of anilines is 2. The van der Waals surface area contributed by atoms with E-state index in [-0.39, 0.29) is 17.7 Å². The predicted octanol–water partition coefficient (Wildman–Crippen LogP) is 3.50. The van der Waals surface area contributed by atoms with Gasteiger partial charge in [0.2, 0.25) is 5.91 Å². The first-order chi connectivity index (χ1) is 14.2. The van der Waals surface area contributed by atoms with Gasteiger partial charge in [-0.05, 0) is 43.0 Å². The van der Waals surface area contributed by atoms with E-state index in [0.717, 1.165) is 42.6 Å². The number of nitrogens with zero attached hydrogens (tertiary/aromatic N) is 3. The van der Waals surface area contributed by atoms with Crippen LogP contribution in [0.4, 0.5) is 11.4 Å². The fourth-order valence-corrected chi connectivity index (χ4v) is 5.58. The van der Waals surface area contributed by atoms with Crippen molar-refractivity contribution in [2.75, 3.05) is 10.3 Å². The summed E-state index contributed by atoms with van der Waals surface area (Å²) in [5.74, 6) is -0.564. The number of nitrogens with one attached hydrogen (secondary N) is 1. The van der Waals surface area contributed by atoms with Crippen LogP contribution >= 0.6 is 0 Å². The lowest BCUT2D eigenvalue weighted by Crippen LogP contribution is -2.58. The number of benzene rings is 2. The molecule has 1 fully saturated rings. The van der Waals surface area contributed by atoms with Crippen molar-refractivity contribution in [3.63, 3.8) is 0 Å². The molecule has 2 aromatic carbocycles. The summed E-state index contributed by atoms with van der Waals surface area (Å²) in [6.45, 7) is 0. The standard InChI is InChI=1S/C23H20N4O2/c28-21-19-20(26-27(21)14-8-2-1-3-9-14)24-17-12-6-4-10-15(17)23(19)16-11-5-7-13-18(16)25-22(23)29/h1-3,5,7-9,11,13,15,19H,4,6,10,12H2,(H,25,29). The van der Waals surface area contributed by atoms with E-state index in [9.17, 15) is 9.59 Å². The molecule has 0 aromatic heterocycles. The Morgan fingerprint density at radius 1 is 1.00 bits per heavy atom. The van der Waals surface area contributed by atoms with Gasteiger partial charge in [0, 0.05) is 17.3 Å². The third kappa shape index (κ3) is 2.06. The number of amidine groups is 1. The molecule has 3 unspecified atom stereocenters. The number of carbonyl (C=O) groups is 2. The van der Waals surface area contributed by atoms with E-state index in [0.29, 0.717) is 11.5 Å². The zero-order valence-electron chi connectivity index (χ0n) is 15.8. The number of para-hydroxylation sites is 2. The fraction of sp³-hybridized carbons (Fsp3) is 0.304. The SMILES string of the molecule is O=C1C2C(=NN1c1ccccc1)N=C1CCCCC1C21C(=O)Nc2ccccc21. The molecule has 6 heteroatoms. The third-order valence-electron chi connectivity index (χ3n) is 6.75. The van der Waals surface area contributed by atoms with Crippen LogP contribution in [0.2, 0.25) is 0 Å². The molecule has 3 heterocycles. The van der Waals surface area contributed by atoms with Gasteiger partial charge in [0.15, 0.2) is 5.84 Å². The van der Waals surface area contributed by atoms with Gasteiger partial charge >= 0.3 is 0 Å². The number of hydrogen-bond donors (Lipinski definition) is 1. The Morgan fingerprint density at radius 2 is 1.79 bits per heavy atom. The summed E-state index contributed by atoms with van der Waals surface area (Å²) in [5, 5.41) is 9.10. The van der Waals surface area contributed by atoms with Crippen molar-refractivity contribution in [3.8, 4) is 0 Å². The zero-order chi connectivity index (χ0) is 19.6. The summed E-state index contributed by atoms with van der Waals surface area (Å²) >= 11 is 0. The second-order valence-corrected chi connectivity index (χ2v) is 8.15. The van der Waals surface area contributed by atoms with E-state index in [4.69, 9.17) is 4.99 Å². The molecular formula is C23H20N4O2. The highest BCUT2D eigenvalue weighted by Gasteiger charge is 2.66. The van der Waals surface area contributed by atoms with Crippen LogP contribution in [0.5, 0.6) is 0 Å². The minimum atomic E-state index is -0.965. The first-order valence-electron chi connectivity index (χ1n) is 10.2. The minimum absolute atomic E-state index is 0.0662. The molecule has 3 aliphatic heterocycles. The number of amides is 2. The summed E-state index contributed by atoms with van der Waals surface area (Å²) in [6, 6.07) is 17.1. The third-order valence-corrected chi connectivity index (χ3v) is 6.75. The van der Waals surface area contributed by atoms with Crippen LogP contribution in [-0.2, 0) is 15.0 Å². The maximum Gasteiger partial charge on any atom is 0.259 e. The molecule has 0 saturated heterocycles. The van der Waals surface area contributed by atoms with Gasteiger partial charge in [-0.15, -0.1) is 5.10 Å². The summed E-state index contributed by atoms with van der Waals surface area (Å²) < 4.78 is 0. The van der Waals surface area contributed by atoms with Gasteiger partial charge in [-0.25, -0.2) is 4.99 Å². The quantitative estimate of drug-likeness (QED) is 0.817. The molecule has 1 saturated carbocycles. The van der Waals surface area contributed by atoms with E-state index in [1.54, 1.807) is 0 Å². The molecule has 1 aliphatic carbocycles. The zero-order valence-corrected chi connectivity index (χ0v) is 15.8. The smallest absolute Gasteiger partial charge is 0.259 e. The molecule has 3 atom stereocenters. The highest BCUT2D eigenvalue weighted by atomic mass is 16.2. The van der Waals surface area contributed by atoms with Gasteiger partial charge in [-0.1, -0.05) is 42.8 Å². The second kappa shape index (κ2) is 5.86. The van der Waals surface area contributed by atoms with E-state index in [1.807, 2.05) is 54.6 Å². The highest BCUT2D eigenvalue weighted by Crippen LogP contribution is 2.55. The number of hydrogen-bond acceptors (Lipinski definition) is 4. The van der Waals surface area contributed by atoms with Gasteiger partial charge in [-0.3, -0.25) is 9.59 Å². The summed E-state index contributed by atoms with van der Waals surface area (Å²) in [4.78, 5) is 32.1. The summed E-state index contributed by atoms with van der Waals surface area (Å²) in [6.07, 6.45) is 3.82. The molecule has 29 heavy (non-hydrogen) atoms. The van der Waals surface area contributed by atoms with Crippen LogP contribution < -0.4 is 10.3 Å². The van der Waals surface area contributed by atoms with Crippen LogP contribution in [0.15, 0.2) is 64.7 Å². The monoisotopic (exact) mass is 384 g/mol. The molecule has 1 N–H and O–H groups in total. The average molecular weight is 384 g/mol. The Kier molecular flexibility index (Phi) is 3.37. The Labute approximate surface area is 168 Å². The number of aliphatic imine (C=N–C) groups is 1. The molecular weight excluding hydrogens is 364 g/mol. The number of hydrazone groups is 1. The molecule has 6 rings (SSSR count). The molecule has 144 valence electrons. The first kappa shape index (κ1) is 16.7. The van der Waals surface area contributed by atoms with Gasteiger partial charge < -0.3 is 5.32 Å². The molecule has 6 nitrogen and oxygen atoms in total. The normalized spacial score (nSPS) is 29.7. The van der Waals surface area contributed by atoms with Crippen molar-refractivity contribution in [3.05, 3.63) is 60.2 Å². The van der Waals surface area contributed by atoms with E-state index in [1.165, 1.54) is 5.01 Å². The first-order valence-corrected chi connectivity index (χ1v) is 10.2.